The van der Waals surface area contributed by atoms with Crippen LogP contribution in [0.1, 0.15) is 23.2 Å². The Hall–Kier alpha value is -2.32. The molecule has 2 N–H and O–H groups in total. The molecule has 1 aromatic carbocycles. The number of hydrogen-bond acceptors (Lipinski definition) is 5. The molecule has 2 rings (SSSR count). The first kappa shape index (κ1) is 21.0. The molecule has 0 saturated carbocycles. The van der Waals surface area contributed by atoms with Crippen LogP contribution in [0, 0.1) is 0 Å². The van der Waals surface area contributed by atoms with E-state index in [2.05, 4.69) is 15.5 Å². The number of likely N-dealkylation sites (tertiary alicyclic amines) is 1. The van der Waals surface area contributed by atoms with E-state index in [1.54, 1.807) is 30.1 Å². The topological polar surface area (TPSA) is 83.1 Å². The average molecular weight is 378 g/mol. The summed E-state index contributed by atoms with van der Waals surface area (Å²) in [7, 11) is 7.13. The minimum Gasteiger partial charge on any atom is -0.495 e. The summed E-state index contributed by atoms with van der Waals surface area (Å²) in [5.74, 6) is 0.293. The number of urea groups is 1. The third-order valence-corrected chi connectivity index (χ3v) is 4.55. The SMILES string of the molecule is CNC(=O)c1ccc(OC)c(NC(=O)N2CCC(OCCN(C)C)CC2)c1. The zero-order chi connectivity index (χ0) is 19.8. The van der Waals surface area contributed by atoms with Crippen molar-refractivity contribution in [3.05, 3.63) is 23.8 Å². The van der Waals surface area contributed by atoms with Gasteiger partial charge in [-0.05, 0) is 45.1 Å². The molecule has 1 heterocycles. The van der Waals surface area contributed by atoms with Gasteiger partial charge in [0.05, 0.1) is 25.5 Å². The van der Waals surface area contributed by atoms with Gasteiger partial charge in [0.1, 0.15) is 5.75 Å². The van der Waals surface area contributed by atoms with Gasteiger partial charge in [-0.2, -0.15) is 0 Å². The lowest BCUT2D eigenvalue weighted by atomic mass is 10.1. The minimum absolute atomic E-state index is 0.195. The Morgan fingerprint density at radius 1 is 1.26 bits per heavy atom. The Morgan fingerprint density at radius 3 is 2.56 bits per heavy atom. The van der Waals surface area contributed by atoms with Crippen LogP contribution in [0.3, 0.4) is 0 Å². The molecule has 1 fully saturated rings. The number of likely N-dealkylation sites (N-methyl/N-ethyl adjacent to an activating group) is 1. The largest absolute Gasteiger partial charge is 0.495 e. The number of nitrogens with zero attached hydrogens (tertiary/aromatic N) is 2. The highest BCUT2D eigenvalue weighted by Gasteiger charge is 2.24. The van der Waals surface area contributed by atoms with Gasteiger partial charge in [-0.25, -0.2) is 4.79 Å². The van der Waals surface area contributed by atoms with Crippen LogP contribution in [0.15, 0.2) is 18.2 Å². The predicted molar refractivity (Wildman–Crippen MR) is 105 cm³/mol. The van der Waals surface area contributed by atoms with Gasteiger partial charge in [0, 0.05) is 32.2 Å². The number of rotatable bonds is 7. The minimum atomic E-state index is -0.219. The van der Waals surface area contributed by atoms with Crippen LogP contribution in [0.25, 0.3) is 0 Å². The molecule has 0 aliphatic carbocycles. The summed E-state index contributed by atoms with van der Waals surface area (Å²) in [5.41, 5.74) is 0.939. The predicted octanol–water partition coefficient (Wildman–Crippen LogP) is 1.63. The second-order valence-corrected chi connectivity index (χ2v) is 6.78. The molecule has 150 valence electrons. The Bertz CT molecular complexity index is 643. The first-order chi connectivity index (χ1) is 12.9. The first-order valence-corrected chi connectivity index (χ1v) is 9.17. The number of benzene rings is 1. The summed E-state index contributed by atoms with van der Waals surface area (Å²) < 4.78 is 11.2. The van der Waals surface area contributed by atoms with Gasteiger partial charge >= 0.3 is 6.03 Å². The fourth-order valence-electron chi connectivity index (χ4n) is 2.91. The lowest BCUT2D eigenvalue weighted by Crippen LogP contribution is -2.43. The Labute approximate surface area is 160 Å². The van der Waals surface area contributed by atoms with E-state index in [1.165, 1.54) is 7.11 Å². The summed E-state index contributed by atoms with van der Waals surface area (Å²) in [4.78, 5) is 28.3. The third-order valence-electron chi connectivity index (χ3n) is 4.55. The van der Waals surface area contributed by atoms with Crippen LogP contribution in [0.5, 0.6) is 5.75 Å². The lowest BCUT2D eigenvalue weighted by Gasteiger charge is -2.32. The van der Waals surface area contributed by atoms with E-state index in [-0.39, 0.29) is 18.0 Å². The molecule has 8 nitrogen and oxygen atoms in total. The van der Waals surface area contributed by atoms with E-state index in [9.17, 15) is 9.59 Å². The second-order valence-electron chi connectivity index (χ2n) is 6.78. The van der Waals surface area contributed by atoms with Crippen molar-refractivity contribution in [3.63, 3.8) is 0 Å². The van der Waals surface area contributed by atoms with Crippen LogP contribution in [0.2, 0.25) is 0 Å². The van der Waals surface area contributed by atoms with E-state index in [1.807, 2.05) is 14.1 Å². The number of anilines is 1. The first-order valence-electron chi connectivity index (χ1n) is 9.17. The van der Waals surface area contributed by atoms with Crippen molar-refractivity contribution in [3.8, 4) is 5.75 Å². The van der Waals surface area contributed by atoms with Crippen molar-refractivity contribution in [2.24, 2.45) is 0 Å². The molecule has 8 heteroatoms. The maximum Gasteiger partial charge on any atom is 0.321 e. The molecule has 3 amide bonds. The van der Waals surface area contributed by atoms with Crippen molar-refractivity contribution in [1.29, 1.82) is 0 Å². The van der Waals surface area contributed by atoms with E-state index in [0.717, 1.165) is 19.4 Å². The third kappa shape index (κ3) is 6.11. The maximum absolute atomic E-state index is 12.6. The fourth-order valence-corrected chi connectivity index (χ4v) is 2.91. The van der Waals surface area contributed by atoms with Crippen molar-refractivity contribution >= 4 is 17.6 Å². The van der Waals surface area contributed by atoms with Crippen LogP contribution in [-0.4, -0.2) is 82.3 Å². The van der Waals surface area contributed by atoms with Gasteiger partial charge < -0.3 is 29.9 Å². The summed E-state index contributed by atoms with van der Waals surface area (Å²) >= 11 is 0. The van der Waals surface area contributed by atoms with Gasteiger partial charge in [0.25, 0.3) is 5.91 Å². The lowest BCUT2D eigenvalue weighted by molar-refractivity contribution is 0.0101. The van der Waals surface area contributed by atoms with Crippen molar-refractivity contribution in [2.75, 3.05) is 59.8 Å². The van der Waals surface area contributed by atoms with Gasteiger partial charge in [-0.3, -0.25) is 4.79 Å². The number of methoxy groups -OCH3 is 1. The highest BCUT2D eigenvalue weighted by atomic mass is 16.5. The standard InChI is InChI=1S/C19H30N4O4/c1-20-18(24)14-5-6-17(26-4)16(13-14)21-19(25)23-9-7-15(8-10-23)27-12-11-22(2)3/h5-6,13,15H,7-12H2,1-4H3,(H,20,24)(H,21,25). The molecule has 0 bridgehead atoms. The molecule has 27 heavy (non-hydrogen) atoms. The molecule has 1 saturated heterocycles. The van der Waals surface area contributed by atoms with Crippen LogP contribution in [0.4, 0.5) is 10.5 Å². The molecule has 1 aliphatic heterocycles. The van der Waals surface area contributed by atoms with Gasteiger partial charge in [-0.1, -0.05) is 0 Å². The summed E-state index contributed by atoms with van der Waals surface area (Å²) in [5, 5.41) is 5.43. The van der Waals surface area contributed by atoms with Crippen molar-refractivity contribution in [1.82, 2.24) is 15.1 Å². The highest BCUT2D eigenvalue weighted by molar-refractivity contribution is 5.97. The maximum atomic E-state index is 12.6. The molecule has 0 unspecified atom stereocenters. The Kier molecular flexibility index (Phi) is 7.87. The quantitative estimate of drug-likeness (QED) is 0.754. The number of nitrogens with one attached hydrogen (secondary N) is 2. The summed E-state index contributed by atoms with van der Waals surface area (Å²) in [6.45, 7) is 2.86. The molecular weight excluding hydrogens is 348 g/mol. The molecule has 0 atom stereocenters. The molecule has 0 radical (unpaired) electrons. The smallest absolute Gasteiger partial charge is 0.321 e. The fraction of sp³-hybridized carbons (Fsp3) is 0.579. The van der Waals surface area contributed by atoms with Crippen LogP contribution < -0.4 is 15.4 Å². The Balaban J connectivity index is 1.91. The van der Waals surface area contributed by atoms with E-state index in [0.29, 0.717) is 36.7 Å². The number of carbonyl (C=O) groups excluding carboxylic acids is 2. The number of carbonyl (C=O) groups is 2. The summed E-state index contributed by atoms with van der Waals surface area (Å²) in [6, 6.07) is 4.75. The second kappa shape index (κ2) is 10.1. The van der Waals surface area contributed by atoms with Crippen molar-refractivity contribution < 1.29 is 19.1 Å². The van der Waals surface area contributed by atoms with Crippen molar-refractivity contribution in [2.45, 2.75) is 18.9 Å². The highest BCUT2D eigenvalue weighted by Crippen LogP contribution is 2.26. The molecule has 1 aliphatic rings. The number of piperidine rings is 1. The number of ether oxygens (including phenoxy) is 2. The normalized spacial score (nSPS) is 14.9. The van der Waals surface area contributed by atoms with Gasteiger partial charge in [-0.15, -0.1) is 0 Å². The number of hydrogen-bond donors (Lipinski definition) is 2. The Morgan fingerprint density at radius 2 is 1.96 bits per heavy atom. The zero-order valence-electron chi connectivity index (χ0n) is 16.6. The van der Waals surface area contributed by atoms with E-state index in [4.69, 9.17) is 9.47 Å². The average Bonchev–Trinajstić information content (AvgIpc) is 2.67. The number of amides is 3. The van der Waals surface area contributed by atoms with Gasteiger partial charge in [0.2, 0.25) is 0 Å². The molecule has 0 aromatic heterocycles. The van der Waals surface area contributed by atoms with Gasteiger partial charge in [0.15, 0.2) is 0 Å². The molecular formula is C19H30N4O4. The van der Waals surface area contributed by atoms with E-state index >= 15 is 0 Å². The van der Waals surface area contributed by atoms with Crippen LogP contribution >= 0.6 is 0 Å². The molecule has 1 aromatic rings. The van der Waals surface area contributed by atoms with Crippen LogP contribution in [-0.2, 0) is 4.74 Å². The van der Waals surface area contributed by atoms with E-state index < -0.39 is 0 Å². The monoisotopic (exact) mass is 378 g/mol. The molecule has 0 spiro atoms. The zero-order valence-corrected chi connectivity index (χ0v) is 16.6. The summed E-state index contributed by atoms with van der Waals surface area (Å²) in [6.07, 6.45) is 1.83.